The Morgan fingerprint density at radius 3 is 1.74 bits per heavy atom. The molecule has 0 amide bonds. The van der Waals surface area contributed by atoms with E-state index < -0.39 is 7.92 Å². The van der Waals surface area contributed by atoms with E-state index in [2.05, 4.69) is 104 Å². The Morgan fingerprint density at radius 1 is 0.741 bits per heavy atom. The molecule has 0 N–H and O–H groups in total. The molecule has 2 atom stereocenters. The largest absolute Gasteiger partial charge is 0.0805 e. The third kappa shape index (κ3) is 4.23. The first-order valence-corrected chi connectivity index (χ1v) is 11.3. The molecule has 0 radical (unpaired) electrons. The smallest absolute Gasteiger partial charge is 0.00926 e. The van der Waals surface area contributed by atoms with Crippen molar-refractivity contribution in [2.24, 2.45) is 5.92 Å². The van der Waals surface area contributed by atoms with Crippen LogP contribution in [0, 0.1) is 5.92 Å². The van der Waals surface area contributed by atoms with E-state index in [-0.39, 0.29) is 0 Å². The maximum Gasteiger partial charge on any atom is 0.00926 e. The van der Waals surface area contributed by atoms with Gasteiger partial charge in [-0.1, -0.05) is 115 Å². The first-order valence-electron chi connectivity index (χ1n) is 9.93. The van der Waals surface area contributed by atoms with Gasteiger partial charge in [0.1, 0.15) is 0 Å². The second-order valence-electron chi connectivity index (χ2n) is 7.44. The molecule has 0 nitrogen and oxygen atoms in total. The van der Waals surface area contributed by atoms with Crippen molar-refractivity contribution in [2.75, 3.05) is 0 Å². The van der Waals surface area contributed by atoms with Gasteiger partial charge in [-0.3, -0.25) is 0 Å². The molecular formula is C26H27P. The van der Waals surface area contributed by atoms with Crippen LogP contribution >= 0.6 is 7.92 Å². The van der Waals surface area contributed by atoms with E-state index in [4.69, 9.17) is 0 Å². The van der Waals surface area contributed by atoms with E-state index in [9.17, 15) is 0 Å². The van der Waals surface area contributed by atoms with Crippen LogP contribution in [0.5, 0.6) is 0 Å². The van der Waals surface area contributed by atoms with E-state index in [1.807, 2.05) is 0 Å². The lowest BCUT2D eigenvalue weighted by Crippen LogP contribution is -2.25. The summed E-state index contributed by atoms with van der Waals surface area (Å²) >= 11 is 0. The molecule has 1 heteroatoms. The molecule has 2 aromatic carbocycles. The molecule has 2 aliphatic rings. The highest BCUT2D eigenvalue weighted by molar-refractivity contribution is 7.73. The summed E-state index contributed by atoms with van der Waals surface area (Å²) in [4.78, 5) is 0. The summed E-state index contributed by atoms with van der Waals surface area (Å²) in [5, 5.41) is 2.98. The maximum absolute atomic E-state index is 2.41. The van der Waals surface area contributed by atoms with Crippen LogP contribution in [0.4, 0.5) is 0 Å². The lowest BCUT2D eigenvalue weighted by molar-refractivity contribution is 0.606. The zero-order valence-corrected chi connectivity index (χ0v) is 16.9. The standard InChI is InChI=1S/C26H27P/c1-21(22-12-8-9-13-22)20-26(23-14-10-11-15-23)27(24-16-4-2-5-17-24)25-18-6-3-7-19-25/h2-12,14,16-19,21,26H,13,15,20H2,1H3/t21-,26-/m1/s1. The van der Waals surface area contributed by atoms with Crippen LogP contribution in [-0.4, -0.2) is 5.66 Å². The SMILES string of the molecule is C[C@H](C[C@H](C1=CC=CC1)P(c1ccccc1)c1ccccc1)C1=CC=CC1. The van der Waals surface area contributed by atoms with E-state index in [1.54, 1.807) is 11.1 Å². The van der Waals surface area contributed by atoms with Crippen LogP contribution in [0.1, 0.15) is 26.2 Å². The van der Waals surface area contributed by atoms with Crippen LogP contribution in [0.15, 0.2) is 108 Å². The second kappa shape index (κ2) is 8.68. The molecule has 0 aliphatic heterocycles. The number of benzene rings is 2. The van der Waals surface area contributed by atoms with Crippen molar-refractivity contribution in [2.45, 2.75) is 31.8 Å². The minimum Gasteiger partial charge on any atom is -0.0805 e. The van der Waals surface area contributed by atoms with Gasteiger partial charge in [-0.25, -0.2) is 0 Å². The molecule has 0 aromatic heterocycles. The zero-order valence-electron chi connectivity index (χ0n) is 16.0. The number of hydrogen-bond acceptors (Lipinski definition) is 0. The molecule has 0 saturated heterocycles. The monoisotopic (exact) mass is 370 g/mol. The summed E-state index contributed by atoms with van der Waals surface area (Å²) in [5.41, 5.74) is 3.77. The topological polar surface area (TPSA) is 0 Å². The normalized spacial score (nSPS) is 17.9. The Balaban J connectivity index is 1.72. The van der Waals surface area contributed by atoms with E-state index >= 15 is 0 Å². The van der Waals surface area contributed by atoms with Gasteiger partial charge >= 0.3 is 0 Å². The fourth-order valence-electron chi connectivity index (χ4n) is 4.14. The van der Waals surface area contributed by atoms with Gasteiger partial charge in [0.25, 0.3) is 0 Å². The Kier molecular flexibility index (Phi) is 5.85. The Hall–Kier alpha value is -2.17. The van der Waals surface area contributed by atoms with E-state index in [1.165, 1.54) is 17.0 Å². The molecule has 27 heavy (non-hydrogen) atoms. The highest BCUT2D eigenvalue weighted by atomic mass is 31.1. The molecular weight excluding hydrogens is 343 g/mol. The van der Waals surface area contributed by atoms with Gasteiger partial charge in [-0.15, -0.1) is 0 Å². The van der Waals surface area contributed by atoms with E-state index in [0.29, 0.717) is 11.6 Å². The van der Waals surface area contributed by atoms with Crippen LogP contribution < -0.4 is 10.6 Å². The van der Waals surface area contributed by atoms with Crippen molar-refractivity contribution in [3.63, 3.8) is 0 Å². The van der Waals surface area contributed by atoms with Crippen molar-refractivity contribution in [1.29, 1.82) is 0 Å². The minimum atomic E-state index is -0.428. The first-order chi connectivity index (χ1) is 13.3. The number of hydrogen-bond donors (Lipinski definition) is 0. The molecule has 0 heterocycles. The predicted molar refractivity (Wildman–Crippen MR) is 120 cm³/mol. The molecule has 0 unspecified atom stereocenters. The Bertz CT molecular complexity index is 831. The number of rotatable bonds is 7. The molecule has 0 fully saturated rings. The zero-order chi connectivity index (χ0) is 18.5. The summed E-state index contributed by atoms with van der Waals surface area (Å²) in [6.07, 6.45) is 17.2. The quantitative estimate of drug-likeness (QED) is 0.503. The third-order valence-corrected chi connectivity index (χ3v) is 8.49. The van der Waals surface area contributed by atoms with Crippen molar-refractivity contribution in [3.8, 4) is 0 Å². The lowest BCUT2D eigenvalue weighted by Gasteiger charge is -2.32. The minimum absolute atomic E-state index is 0.428. The van der Waals surface area contributed by atoms with Crippen molar-refractivity contribution in [1.82, 2.24) is 0 Å². The fraction of sp³-hybridized carbons (Fsp3) is 0.231. The van der Waals surface area contributed by atoms with Crippen LogP contribution in [0.25, 0.3) is 0 Å². The fourth-order valence-corrected chi connectivity index (χ4v) is 7.19. The number of allylic oxidation sites excluding steroid dienone is 8. The molecule has 2 aliphatic carbocycles. The molecule has 2 aromatic rings. The molecule has 136 valence electrons. The van der Waals surface area contributed by atoms with Gasteiger partial charge in [0.05, 0.1) is 0 Å². The summed E-state index contributed by atoms with van der Waals surface area (Å²) in [5.74, 6) is 0.615. The Morgan fingerprint density at radius 2 is 1.26 bits per heavy atom. The average Bonchev–Trinajstić information content (AvgIpc) is 3.43. The van der Waals surface area contributed by atoms with E-state index in [0.717, 1.165) is 12.8 Å². The maximum atomic E-state index is 2.41. The van der Waals surface area contributed by atoms with Crippen LogP contribution in [-0.2, 0) is 0 Å². The molecule has 0 saturated carbocycles. The van der Waals surface area contributed by atoms with Gasteiger partial charge < -0.3 is 0 Å². The summed E-state index contributed by atoms with van der Waals surface area (Å²) < 4.78 is 0. The summed E-state index contributed by atoms with van der Waals surface area (Å²) in [6.45, 7) is 2.41. The van der Waals surface area contributed by atoms with Crippen LogP contribution in [0.3, 0.4) is 0 Å². The van der Waals surface area contributed by atoms with Gasteiger partial charge in [0.15, 0.2) is 0 Å². The van der Waals surface area contributed by atoms with Gasteiger partial charge in [-0.05, 0) is 43.7 Å². The highest BCUT2D eigenvalue weighted by Gasteiger charge is 2.30. The van der Waals surface area contributed by atoms with Gasteiger partial charge in [0.2, 0.25) is 0 Å². The Labute approximate surface area is 164 Å². The predicted octanol–water partition coefficient (Wildman–Crippen LogP) is 6.29. The molecule has 4 rings (SSSR count). The third-order valence-electron chi connectivity index (χ3n) is 5.62. The highest BCUT2D eigenvalue weighted by Crippen LogP contribution is 2.48. The first kappa shape index (κ1) is 18.2. The average molecular weight is 370 g/mol. The molecule has 0 spiro atoms. The van der Waals surface area contributed by atoms with Crippen molar-refractivity contribution < 1.29 is 0 Å². The second-order valence-corrected chi connectivity index (χ2v) is 9.84. The van der Waals surface area contributed by atoms with Crippen molar-refractivity contribution in [3.05, 3.63) is 108 Å². The van der Waals surface area contributed by atoms with Gasteiger partial charge in [-0.2, -0.15) is 0 Å². The summed E-state index contributed by atoms with van der Waals surface area (Å²) in [6, 6.07) is 22.3. The van der Waals surface area contributed by atoms with Gasteiger partial charge in [0, 0.05) is 5.66 Å². The van der Waals surface area contributed by atoms with Crippen LogP contribution in [0.2, 0.25) is 0 Å². The van der Waals surface area contributed by atoms with Crippen molar-refractivity contribution >= 4 is 18.5 Å². The molecule has 0 bridgehead atoms. The summed E-state index contributed by atoms with van der Waals surface area (Å²) in [7, 11) is -0.428. The lowest BCUT2D eigenvalue weighted by atomic mass is 9.92.